The van der Waals surface area contributed by atoms with E-state index in [4.69, 9.17) is 4.42 Å². The molecule has 31 heavy (non-hydrogen) atoms. The van der Waals surface area contributed by atoms with Crippen LogP contribution in [0.3, 0.4) is 0 Å². The van der Waals surface area contributed by atoms with Crippen molar-refractivity contribution in [3.05, 3.63) is 70.8 Å². The maximum atomic E-state index is 12.4. The van der Waals surface area contributed by atoms with Gasteiger partial charge in [-0.05, 0) is 53.6 Å². The minimum Gasteiger partial charge on any atom is -0.466 e. The highest BCUT2D eigenvalue weighted by molar-refractivity contribution is 7.08. The molecule has 3 amide bonds. The van der Waals surface area contributed by atoms with E-state index in [1.165, 1.54) is 17.6 Å². The molecule has 3 heterocycles. The molecule has 1 aromatic carbocycles. The first kappa shape index (κ1) is 20.8. The van der Waals surface area contributed by atoms with Gasteiger partial charge in [0.1, 0.15) is 5.76 Å². The van der Waals surface area contributed by atoms with Crippen LogP contribution >= 0.6 is 11.3 Å². The van der Waals surface area contributed by atoms with E-state index in [9.17, 15) is 19.5 Å². The second kappa shape index (κ2) is 8.75. The lowest BCUT2D eigenvalue weighted by Gasteiger charge is -2.25. The van der Waals surface area contributed by atoms with Crippen molar-refractivity contribution in [2.24, 2.45) is 0 Å². The van der Waals surface area contributed by atoms with Crippen molar-refractivity contribution in [1.29, 1.82) is 0 Å². The van der Waals surface area contributed by atoms with E-state index in [0.717, 1.165) is 6.42 Å². The van der Waals surface area contributed by atoms with Gasteiger partial charge in [0.25, 0.3) is 0 Å². The van der Waals surface area contributed by atoms with Crippen LogP contribution in [-0.4, -0.2) is 35.9 Å². The molecule has 160 valence electrons. The van der Waals surface area contributed by atoms with Crippen LogP contribution in [0.5, 0.6) is 0 Å². The molecule has 0 aliphatic carbocycles. The van der Waals surface area contributed by atoms with E-state index in [1.54, 1.807) is 58.1 Å². The van der Waals surface area contributed by atoms with Crippen LogP contribution in [0.15, 0.2) is 63.9 Å². The maximum Gasteiger partial charge on any atom is 0.313 e. The Morgan fingerprint density at radius 2 is 2.06 bits per heavy atom. The van der Waals surface area contributed by atoms with E-state index in [0.29, 0.717) is 29.9 Å². The fourth-order valence-electron chi connectivity index (χ4n) is 3.49. The molecule has 4 rings (SSSR count). The molecule has 8 nitrogen and oxygen atoms in total. The third kappa shape index (κ3) is 4.37. The topological polar surface area (TPSA) is 112 Å². The number of benzene rings is 1. The highest BCUT2D eigenvalue weighted by atomic mass is 32.1. The van der Waals surface area contributed by atoms with Crippen LogP contribution < -0.4 is 15.5 Å². The maximum absolute atomic E-state index is 12.4. The molecule has 3 aromatic rings. The summed E-state index contributed by atoms with van der Waals surface area (Å²) in [4.78, 5) is 38.4. The molecular formula is C22H21N3O5S. The van der Waals surface area contributed by atoms with Crippen molar-refractivity contribution in [2.75, 3.05) is 23.3 Å². The Labute approximate surface area is 182 Å². The average molecular weight is 439 g/mol. The van der Waals surface area contributed by atoms with Gasteiger partial charge in [-0.15, -0.1) is 0 Å². The van der Waals surface area contributed by atoms with Gasteiger partial charge in [-0.25, -0.2) is 0 Å². The van der Waals surface area contributed by atoms with E-state index in [1.807, 2.05) is 0 Å². The number of amides is 3. The fraction of sp³-hybridized carbons (Fsp3) is 0.227. The smallest absolute Gasteiger partial charge is 0.313 e. The van der Waals surface area contributed by atoms with Crippen molar-refractivity contribution in [1.82, 2.24) is 5.32 Å². The van der Waals surface area contributed by atoms with Crippen molar-refractivity contribution >= 4 is 40.4 Å². The number of nitrogens with zero attached hydrogens (tertiary/aromatic N) is 1. The molecule has 1 atom stereocenters. The van der Waals surface area contributed by atoms with E-state index < -0.39 is 17.4 Å². The van der Waals surface area contributed by atoms with E-state index in [2.05, 4.69) is 10.6 Å². The summed E-state index contributed by atoms with van der Waals surface area (Å²) in [6.45, 7) is 0.385. The lowest BCUT2D eigenvalue weighted by molar-refractivity contribution is -0.136. The summed E-state index contributed by atoms with van der Waals surface area (Å²) in [5.74, 6) is -1.48. The minimum absolute atomic E-state index is 0.0341. The average Bonchev–Trinajstić information content (AvgIpc) is 3.54. The van der Waals surface area contributed by atoms with Gasteiger partial charge >= 0.3 is 11.8 Å². The Morgan fingerprint density at radius 1 is 1.19 bits per heavy atom. The van der Waals surface area contributed by atoms with Gasteiger partial charge < -0.3 is 25.1 Å². The molecule has 1 fully saturated rings. The van der Waals surface area contributed by atoms with Gasteiger partial charge in [-0.1, -0.05) is 6.07 Å². The fourth-order valence-corrected chi connectivity index (χ4v) is 4.22. The van der Waals surface area contributed by atoms with Crippen LogP contribution in [0, 0.1) is 0 Å². The van der Waals surface area contributed by atoms with Gasteiger partial charge in [-0.3, -0.25) is 14.4 Å². The number of hydrogen-bond donors (Lipinski definition) is 3. The first-order chi connectivity index (χ1) is 15.0. The molecule has 1 aliphatic heterocycles. The van der Waals surface area contributed by atoms with Gasteiger partial charge in [0.15, 0.2) is 5.60 Å². The number of thiophene rings is 1. The Hall–Kier alpha value is -3.43. The Bertz CT molecular complexity index is 1040. The molecule has 0 saturated carbocycles. The molecule has 1 aliphatic rings. The van der Waals surface area contributed by atoms with Crippen molar-refractivity contribution < 1.29 is 23.9 Å². The third-order valence-corrected chi connectivity index (χ3v) is 5.81. The SMILES string of the molecule is O=C(NCC(O)(c1ccsc1)c1ccco1)C(=O)Nc1cccc(N2CCCC2=O)c1. The zero-order chi connectivity index (χ0) is 21.8. The molecule has 0 bridgehead atoms. The zero-order valence-corrected chi connectivity index (χ0v) is 17.4. The van der Waals surface area contributed by atoms with E-state index in [-0.39, 0.29) is 18.2 Å². The van der Waals surface area contributed by atoms with Gasteiger partial charge in [0.2, 0.25) is 5.91 Å². The van der Waals surface area contributed by atoms with Crippen molar-refractivity contribution in [2.45, 2.75) is 18.4 Å². The number of hydrogen-bond acceptors (Lipinski definition) is 6. The Kier molecular flexibility index (Phi) is 5.88. The Balaban J connectivity index is 1.42. The Morgan fingerprint density at radius 3 is 2.74 bits per heavy atom. The molecule has 0 radical (unpaired) electrons. The minimum atomic E-state index is -1.60. The molecular weight excluding hydrogens is 418 g/mol. The number of furan rings is 1. The van der Waals surface area contributed by atoms with Crippen molar-refractivity contribution in [3.63, 3.8) is 0 Å². The predicted octanol–water partition coefficient (Wildman–Crippen LogP) is 2.46. The number of anilines is 2. The molecule has 0 spiro atoms. The van der Waals surface area contributed by atoms with Gasteiger partial charge in [0.05, 0.1) is 12.8 Å². The number of rotatable bonds is 6. The molecule has 2 aromatic heterocycles. The summed E-state index contributed by atoms with van der Waals surface area (Å²) < 4.78 is 5.35. The van der Waals surface area contributed by atoms with E-state index >= 15 is 0 Å². The van der Waals surface area contributed by atoms with Gasteiger partial charge in [-0.2, -0.15) is 11.3 Å². The van der Waals surface area contributed by atoms with Crippen LogP contribution in [-0.2, 0) is 20.0 Å². The third-order valence-electron chi connectivity index (χ3n) is 5.13. The summed E-state index contributed by atoms with van der Waals surface area (Å²) in [5.41, 5.74) is 0.0214. The number of nitrogens with one attached hydrogen (secondary N) is 2. The monoisotopic (exact) mass is 439 g/mol. The summed E-state index contributed by atoms with van der Waals surface area (Å²) in [6, 6.07) is 11.8. The quantitative estimate of drug-likeness (QED) is 0.511. The summed E-state index contributed by atoms with van der Waals surface area (Å²) in [7, 11) is 0. The first-order valence-corrected chi connectivity index (χ1v) is 10.7. The van der Waals surface area contributed by atoms with Gasteiger partial charge in [0, 0.05) is 29.9 Å². The highest BCUT2D eigenvalue weighted by Crippen LogP contribution is 2.31. The molecule has 1 unspecified atom stereocenters. The van der Waals surface area contributed by atoms with Crippen LogP contribution in [0.4, 0.5) is 11.4 Å². The molecule has 3 N–H and O–H groups in total. The van der Waals surface area contributed by atoms with Crippen LogP contribution in [0.2, 0.25) is 0 Å². The predicted molar refractivity (Wildman–Crippen MR) is 116 cm³/mol. The second-order valence-corrected chi connectivity index (χ2v) is 7.97. The number of carbonyl (C=O) groups excluding carboxylic acids is 3. The molecule has 1 saturated heterocycles. The first-order valence-electron chi connectivity index (χ1n) is 9.76. The number of carbonyl (C=O) groups is 3. The standard InChI is InChI=1S/C22H21N3O5S/c26-19-7-2-9-25(19)17-5-1-4-16(12-17)24-21(28)20(27)23-14-22(29,15-8-11-31-13-15)18-6-3-10-30-18/h1,3-6,8,10-13,29H,2,7,9,14H2,(H,23,27)(H,24,28). The molecule has 9 heteroatoms. The van der Waals surface area contributed by atoms with Crippen LogP contribution in [0.1, 0.15) is 24.2 Å². The lowest BCUT2D eigenvalue weighted by Crippen LogP contribution is -2.45. The largest absolute Gasteiger partial charge is 0.466 e. The summed E-state index contributed by atoms with van der Waals surface area (Å²) in [6.07, 6.45) is 2.72. The summed E-state index contributed by atoms with van der Waals surface area (Å²) in [5, 5.41) is 19.7. The van der Waals surface area contributed by atoms with Crippen molar-refractivity contribution in [3.8, 4) is 0 Å². The zero-order valence-electron chi connectivity index (χ0n) is 16.5. The number of aliphatic hydroxyl groups is 1. The normalized spacial score (nSPS) is 15.5. The van der Waals surface area contributed by atoms with Crippen LogP contribution in [0.25, 0.3) is 0 Å². The second-order valence-electron chi connectivity index (χ2n) is 7.19. The summed E-state index contributed by atoms with van der Waals surface area (Å²) >= 11 is 1.40. The highest BCUT2D eigenvalue weighted by Gasteiger charge is 2.36. The lowest BCUT2D eigenvalue weighted by atomic mass is 9.93.